The molecule has 0 N–H and O–H groups in total. The standard InChI is InChI=1S/C22H19Cl2N3O2S/c1-2-29-15-8-6-14(7-9-15)26-12-27-20(28)10-16(17(11-25)22(27)30-13-26)21-18(23)4-3-5-19(21)24/h3-9,16H,2,10,12-13H2,1H3/t16-/m0/s1. The Morgan fingerprint density at radius 1 is 1.20 bits per heavy atom. The number of carbonyl (C=O) groups excluding carboxylic acids is 1. The van der Waals surface area contributed by atoms with Gasteiger partial charge in [-0.05, 0) is 48.9 Å². The smallest absolute Gasteiger partial charge is 0.229 e. The van der Waals surface area contributed by atoms with Crippen LogP contribution in [-0.4, -0.2) is 30.0 Å². The van der Waals surface area contributed by atoms with E-state index in [1.165, 1.54) is 11.8 Å². The number of hydrogen-bond donors (Lipinski definition) is 0. The molecule has 0 radical (unpaired) electrons. The summed E-state index contributed by atoms with van der Waals surface area (Å²) in [4.78, 5) is 16.8. The molecule has 154 valence electrons. The summed E-state index contributed by atoms with van der Waals surface area (Å²) < 4.78 is 5.50. The van der Waals surface area contributed by atoms with Crippen molar-refractivity contribution in [1.82, 2.24) is 4.90 Å². The van der Waals surface area contributed by atoms with Gasteiger partial charge in [0.25, 0.3) is 0 Å². The lowest BCUT2D eigenvalue weighted by Gasteiger charge is -2.42. The summed E-state index contributed by atoms with van der Waals surface area (Å²) in [6.45, 7) is 2.95. The van der Waals surface area contributed by atoms with Crippen molar-refractivity contribution in [2.24, 2.45) is 0 Å². The van der Waals surface area contributed by atoms with Gasteiger partial charge in [0.2, 0.25) is 5.91 Å². The maximum atomic E-state index is 13.0. The van der Waals surface area contributed by atoms with Gasteiger partial charge in [0.15, 0.2) is 0 Å². The average molecular weight is 460 g/mol. The van der Waals surface area contributed by atoms with Gasteiger partial charge in [-0.3, -0.25) is 9.69 Å². The SMILES string of the molecule is CCOc1ccc(N2CSC3=C(C#N)[C@@H](c4c(Cl)cccc4Cl)CC(=O)N3C2)cc1. The Kier molecular flexibility index (Phi) is 6.14. The van der Waals surface area contributed by atoms with Gasteiger partial charge in [-0.15, -0.1) is 0 Å². The number of allylic oxidation sites excluding steroid dienone is 1. The largest absolute Gasteiger partial charge is 0.494 e. The van der Waals surface area contributed by atoms with E-state index in [1.54, 1.807) is 23.1 Å². The molecule has 0 unspecified atom stereocenters. The lowest BCUT2D eigenvalue weighted by molar-refractivity contribution is -0.129. The quantitative estimate of drug-likeness (QED) is 0.594. The summed E-state index contributed by atoms with van der Waals surface area (Å²) >= 11 is 14.2. The van der Waals surface area contributed by atoms with Crippen LogP contribution in [-0.2, 0) is 4.79 Å². The zero-order valence-electron chi connectivity index (χ0n) is 16.3. The Morgan fingerprint density at radius 3 is 2.53 bits per heavy atom. The minimum Gasteiger partial charge on any atom is -0.494 e. The predicted molar refractivity (Wildman–Crippen MR) is 121 cm³/mol. The first-order chi connectivity index (χ1) is 14.5. The zero-order valence-corrected chi connectivity index (χ0v) is 18.6. The molecule has 5 nitrogen and oxygen atoms in total. The van der Waals surface area contributed by atoms with Crippen LogP contribution in [0.3, 0.4) is 0 Å². The Morgan fingerprint density at radius 2 is 1.90 bits per heavy atom. The number of carbonyl (C=O) groups is 1. The molecule has 0 aliphatic carbocycles. The number of thioether (sulfide) groups is 1. The number of ether oxygens (including phenoxy) is 1. The lowest BCUT2D eigenvalue weighted by atomic mass is 9.86. The molecule has 0 spiro atoms. The molecule has 0 bridgehead atoms. The number of anilines is 1. The number of benzene rings is 2. The summed E-state index contributed by atoms with van der Waals surface area (Å²) in [6, 6.07) is 15.3. The molecule has 2 aromatic carbocycles. The number of fused-ring (bicyclic) bond motifs is 1. The first kappa shape index (κ1) is 20.9. The maximum Gasteiger partial charge on any atom is 0.229 e. The highest BCUT2D eigenvalue weighted by atomic mass is 35.5. The van der Waals surface area contributed by atoms with Gasteiger partial charge in [-0.2, -0.15) is 5.26 Å². The van der Waals surface area contributed by atoms with Gasteiger partial charge in [-0.1, -0.05) is 41.0 Å². The van der Waals surface area contributed by atoms with Crippen molar-refractivity contribution in [3.8, 4) is 11.8 Å². The Hall–Kier alpha value is -2.33. The number of rotatable bonds is 4. The van der Waals surface area contributed by atoms with E-state index >= 15 is 0 Å². The molecule has 2 heterocycles. The summed E-state index contributed by atoms with van der Waals surface area (Å²) in [5.41, 5.74) is 2.18. The molecule has 1 amide bonds. The van der Waals surface area contributed by atoms with Crippen molar-refractivity contribution in [3.63, 3.8) is 0 Å². The molecule has 1 fully saturated rings. The Labute approximate surface area is 189 Å². The van der Waals surface area contributed by atoms with Crippen molar-refractivity contribution < 1.29 is 9.53 Å². The predicted octanol–water partition coefficient (Wildman–Crippen LogP) is 5.61. The minimum absolute atomic E-state index is 0.0480. The van der Waals surface area contributed by atoms with Crippen LogP contribution in [0.1, 0.15) is 24.8 Å². The topological polar surface area (TPSA) is 56.6 Å². The van der Waals surface area contributed by atoms with Gasteiger partial charge in [0.05, 0.1) is 35.8 Å². The normalized spacial score (nSPS) is 18.9. The molecule has 2 aliphatic rings. The molecular weight excluding hydrogens is 441 g/mol. The van der Waals surface area contributed by atoms with Crippen LogP contribution in [0, 0.1) is 11.3 Å². The van der Waals surface area contributed by atoms with Crippen molar-refractivity contribution in [3.05, 3.63) is 68.7 Å². The van der Waals surface area contributed by atoms with E-state index in [9.17, 15) is 10.1 Å². The fraction of sp³-hybridized carbons (Fsp3) is 0.273. The van der Waals surface area contributed by atoms with Crippen LogP contribution in [0.4, 0.5) is 5.69 Å². The highest BCUT2D eigenvalue weighted by Gasteiger charge is 2.39. The first-order valence-electron chi connectivity index (χ1n) is 9.52. The van der Waals surface area contributed by atoms with E-state index < -0.39 is 5.92 Å². The second-order valence-electron chi connectivity index (χ2n) is 6.93. The van der Waals surface area contributed by atoms with Crippen LogP contribution in [0.2, 0.25) is 10.0 Å². The molecule has 1 saturated heterocycles. The van der Waals surface area contributed by atoms with Crippen molar-refractivity contribution in [2.75, 3.05) is 24.1 Å². The van der Waals surface area contributed by atoms with Gasteiger partial charge >= 0.3 is 0 Å². The molecule has 2 aromatic rings. The highest BCUT2D eigenvalue weighted by molar-refractivity contribution is 8.03. The number of halogens is 2. The molecular formula is C22H19Cl2N3O2S. The molecule has 4 rings (SSSR count). The van der Waals surface area contributed by atoms with Crippen molar-refractivity contribution >= 4 is 46.6 Å². The first-order valence-corrected chi connectivity index (χ1v) is 11.3. The Balaban J connectivity index is 1.64. The average Bonchev–Trinajstić information content (AvgIpc) is 2.74. The summed E-state index contributed by atoms with van der Waals surface area (Å²) in [5.74, 6) is 0.959. The number of amides is 1. The monoisotopic (exact) mass is 459 g/mol. The fourth-order valence-corrected chi connectivity index (χ4v) is 5.56. The van der Waals surface area contributed by atoms with Gasteiger partial charge in [0, 0.05) is 28.1 Å². The summed E-state index contributed by atoms with van der Waals surface area (Å²) in [7, 11) is 0. The van der Waals surface area contributed by atoms with Crippen LogP contribution < -0.4 is 9.64 Å². The molecule has 0 aromatic heterocycles. The highest BCUT2D eigenvalue weighted by Crippen LogP contribution is 2.46. The van der Waals surface area contributed by atoms with E-state index in [4.69, 9.17) is 27.9 Å². The molecule has 2 aliphatic heterocycles. The lowest BCUT2D eigenvalue weighted by Crippen LogP contribution is -2.47. The Bertz CT molecular complexity index is 1030. The number of hydrogen-bond acceptors (Lipinski definition) is 5. The third kappa shape index (κ3) is 3.85. The van der Waals surface area contributed by atoms with Crippen molar-refractivity contribution in [2.45, 2.75) is 19.3 Å². The third-order valence-electron chi connectivity index (χ3n) is 5.15. The van der Waals surface area contributed by atoms with Crippen molar-refractivity contribution in [1.29, 1.82) is 5.26 Å². The van der Waals surface area contributed by atoms with Crippen LogP contribution in [0.15, 0.2) is 53.1 Å². The van der Waals surface area contributed by atoms with E-state index in [1.807, 2.05) is 31.2 Å². The van der Waals surface area contributed by atoms with E-state index in [2.05, 4.69) is 11.0 Å². The van der Waals surface area contributed by atoms with Gasteiger partial charge < -0.3 is 9.64 Å². The van der Waals surface area contributed by atoms with Gasteiger partial charge in [0.1, 0.15) is 5.75 Å². The second-order valence-corrected chi connectivity index (χ2v) is 8.67. The van der Waals surface area contributed by atoms with Crippen LogP contribution in [0.25, 0.3) is 0 Å². The molecule has 8 heteroatoms. The molecule has 30 heavy (non-hydrogen) atoms. The second kappa shape index (κ2) is 8.81. The summed E-state index contributed by atoms with van der Waals surface area (Å²) in [6.07, 6.45) is 0.160. The number of nitrogens with zero attached hydrogens (tertiary/aromatic N) is 3. The number of nitriles is 1. The van der Waals surface area contributed by atoms with E-state index in [-0.39, 0.29) is 12.3 Å². The fourth-order valence-electron chi connectivity index (χ4n) is 3.74. The van der Waals surface area contributed by atoms with Crippen LogP contribution in [0.5, 0.6) is 5.75 Å². The minimum atomic E-state index is -0.431. The van der Waals surface area contributed by atoms with E-state index in [0.717, 1.165) is 11.4 Å². The van der Waals surface area contributed by atoms with Crippen LogP contribution >= 0.6 is 35.0 Å². The molecule has 1 atom stereocenters. The third-order valence-corrected chi connectivity index (χ3v) is 6.97. The maximum absolute atomic E-state index is 13.0. The van der Waals surface area contributed by atoms with E-state index in [0.29, 0.717) is 45.4 Å². The van der Waals surface area contributed by atoms with Gasteiger partial charge in [-0.25, -0.2) is 0 Å². The zero-order chi connectivity index (χ0) is 21.3. The summed E-state index contributed by atoms with van der Waals surface area (Å²) in [5, 5.41) is 11.6. The molecule has 0 saturated carbocycles.